The molecule has 130 valence electrons. The van der Waals surface area contributed by atoms with Gasteiger partial charge in [-0.15, -0.1) is 0 Å². The molecule has 8 heteroatoms. The molecule has 0 amide bonds. The summed E-state index contributed by atoms with van der Waals surface area (Å²) in [6.45, 7) is 0. The molecule has 0 spiro atoms. The highest BCUT2D eigenvalue weighted by Crippen LogP contribution is 2.14. The summed E-state index contributed by atoms with van der Waals surface area (Å²) >= 11 is 0. The summed E-state index contributed by atoms with van der Waals surface area (Å²) in [6.07, 6.45) is 0. The first kappa shape index (κ1) is 18.2. The van der Waals surface area contributed by atoms with Crippen LogP contribution in [-0.2, 0) is 0 Å². The summed E-state index contributed by atoms with van der Waals surface area (Å²) in [4.78, 5) is 44.4. The van der Waals surface area contributed by atoms with Gasteiger partial charge in [0, 0.05) is 11.1 Å². The number of hydrogen-bond donors (Lipinski definition) is 4. The quantitative estimate of drug-likeness (QED) is 0.608. The fourth-order valence-corrected chi connectivity index (χ4v) is 2.09. The predicted molar refractivity (Wildman–Crippen MR) is 86.7 cm³/mol. The van der Waals surface area contributed by atoms with Gasteiger partial charge >= 0.3 is 23.9 Å². The van der Waals surface area contributed by atoms with Crippen LogP contribution < -0.4 is 0 Å². The Kier molecular flexibility index (Phi) is 5.04. The number of rotatable bonds is 4. The molecule has 2 aromatic rings. The molecule has 0 unspecified atom stereocenters. The van der Waals surface area contributed by atoms with Crippen LogP contribution in [0.15, 0.2) is 36.4 Å². The van der Waals surface area contributed by atoms with Crippen LogP contribution in [-0.4, -0.2) is 44.3 Å². The lowest BCUT2D eigenvalue weighted by molar-refractivity contribution is 0.0651. The van der Waals surface area contributed by atoms with Gasteiger partial charge < -0.3 is 20.4 Å². The van der Waals surface area contributed by atoms with Gasteiger partial charge in [0.25, 0.3) is 0 Å². The van der Waals surface area contributed by atoms with Crippen molar-refractivity contribution in [1.82, 2.24) is 0 Å². The van der Waals surface area contributed by atoms with E-state index in [9.17, 15) is 19.2 Å². The maximum atomic E-state index is 11.2. The molecule has 0 aromatic heterocycles. The number of aromatic carboxylic acids is 4. The summed E-state index contributed by atoms with van der Waals surface area (Å²) in [5, 5.41) is 36.2. The molecule has 0 bridgehead atoms. The number of carboxylic acid groups (broad SMARTS) is 4. The van der Waals surface area contributed by atoms with Crippen molar-refractivity contribution in [3.05, 3.63) is 69.8 Å². The normalized spacial score (nSPS) is 9.69. The van der Waals surface area contributed by atoms with Crippen LogP contribution in [0.1, 0.15) is 52.6 Å². The van der Waals surface area contributed by atoms with E-state index < -0.39 is 35.0 Å². The Morgan fingerprint density at radius 2 is 1.19 bits per heavy atom. The first-order chi connectivity index (χ1) is 12.2. The highest BCUT2D eigenvalue weighted by molar-refractivity contribution is 6.02. The van der Waals surface area contributed by atoms with E-state index in [1.807, 2.05) is 0 Å². The van der Waals surface area contributed by atoms with Crippen LogP contribution in [0.3, 0.4) is 0 Å². The molecule has 2 rings (SSSR count). The van der Waals surface area contributed by atoms with Crippen molar-refractivity contribution in [2.24, 2.45) is 0 Å². The molecule has 26 heavy (non-hydrogen) atoms. The average Bonchev–Trinajstić information content (AvgIpc) is 2.58. The number of hydrogen-bond acceptors (Lipinski definition) is 4. The Morgan fingerprint density at radius 1 is 0.615 bits per heavy atom. The third-order valence-corrected chi connectivity index (χ3v) is 3.32. The molecule has 4 N–H and O–H groups in total. The summed E-state index contributed by atoms with van der Waals surface area (Å²) in [5.41, 5.74) is -1.21. The minimum absolute atomic E-state index is 0.0726. The van der Waals surface area contributed by atoms with Crippen LogP contribution >= 0.6 is 0 Å². The molecule has 0 atom stereocenters. The van der Waals surface area contributed by atoms with Crippen molar-refractivity contribution in [3.8, 4) is 11.8 Å². The molecule has 0 heterocycles. The largest absolute Gasteiger partial charge is 0.478 e. The maximum absolute atomic E-state index is 11.2. The zero-order chi connectivity index (χ0) is 19.4. The molecule has 0 saturated heterocycles. The number of carbonyl (C=O) groups is 4. The van der Waals surface area contributed by atoms with Crippen LogP contribution in [0.5, 0.6) is 0 Å². The molecular weight excluding hydrogens is 344 g/mol. The third kappa shape index (κ3) is 3.85. The zero-order valence-corrected chi connectivity index (χ0v) is 12.9. The SMILES string of the molecule is O=C(O)c1ccc(C(=O)O)c(C#Cc2ccc(C(=O)O)c(C(=O)O)c2)c1. The standard InChI is InChI=1S/C18H10O8/c19-15(20)11-4-6-12(16(21)22)10(8-11)3-1-9-2-5-13(17(23)24)14(7-9)18(25)26/h2,4-8H,(H,19,20)(H,21,22)(H,23,24)(H,25,26). The zero-order valence-electron chi connectivity index (χ0n) is 12.9. The fraction of sp³-hybridized carbons (Fsp3) is 0. The van der Waals surface area contributed by atoms with E-state index in [-0.39, 0.29) is 22.3 Å². The van der Waals surface area contributed by atoms with E-state index in [0.29, 0.717) is 0 Å². The first-order valence-corrected chi connectivity index (χ1v) is 6.94. The van der Waals surface area contributed by atoms with Gasteiger partial charge in [-0.2, -0.15) is 0 Å². The molecular formula is C18H10O8. The molecule has 0 radical (unpaired) electrons. The Morgan fingerprint density at radius 3 is 1.73 bits per heavy atom. The number of carboxylic acids is 4. The minimum Gasteiger partial charge on any atom is -0.478 e. The van der Waals surface area contributed by atoms with Crippen molar-refractivity contribution in [1.29, 1.82) is 0 Å². The van der Waals surface area contributed by atoms with Crippen molar-refractivity contribution in [2.45, 2.75) is 0 Å². The lowest BCUT2D eigenvalue weighted by atomic mass is 10.0. The van der Waals surface area contributed by atoms with E-state index in [1.54, 1.807) is 0 Å². The van der Waals surface area contributed by atoms with Gasteiger partial charge in [0.2, 0.25) is 0 Å². The molecule has 0 saturated carbocycles. The molecule has 8 nitrogen and oxygen atoms in total. The maximum Gasteiger partial charge on any atom is 0.336 e. The van der Waals surface area contributed by atoms with Gasteiger partial charge in [0.1, 0.15) is 0 Å². The van der Waals surface area contributed by atoms with Gasteiger partial charge in [-0.05, 0) is 36.4 Å². The van der Waals surface area contributed by atoms with Crippen LogP contribution in [0, 0.1) is 11.8 Å². The van der Waals surface area contributed by atoms with Crippen molar-refractivity contribution in [2.75, 3.05) is 0 Å². The van der Waals surface area contributed by atoms with E-state index in [2.05, 4.69) is 11.8 Å². The average molecular weight is 354 g/mol. The summed E-state index contributed by atoms with van der Waals surface area (Å²) in [7, 11) is 0. The fourth-order valence-electron chi connectivity index (χ4n) is 2.09. The molecule has 0 fully saturated rings. The molecule has 0 aliphatic rings. The second-order valence-corrected chi connectivity index (χ2v) is 4.99. The van der Waals surface area contributed by atoms with E-state index in [0.717, 1.165) is 30.3 Å². The van der Waals surface area contributed by atoms with Crippen molar-refractivity contribution < 1.29 is 39.6 Å². The van der Waals surface area contributed by atoms with E-state index in [1.165, 1.54) is 6.07 Å². The number of benzene rings is 2. The lowest BCUT2D eigenvalue weighted by Gasteiger charge is -2.02. The summed E-state index contributed by atoms with van der Waals surface area (Å²) < 4.78 is 0. The Balaban J connectivity index is 2.55. The molecule has 0 aliphatic carbocycles. The van der Waals surface area contributed by atoms with Gasteiger partial charge in [-0.3, -0.25) is 0 Å². The van der Waals surface area contributed by atoms with Gasteiger partial charge in [-0.25, -0.2) is 19.2 Å². The Bertz CT molecular complexity index is 1010. The second kappa shape index (κ2) is 7.19. The van der Waals surface area contributed by atoms with Gasteiger partial charge in [0.05, 0.1) is 22.3 Å². The van der Waals surface area contributed by atoms with E-state index in [4.69, 9.17) is 20.4 Å². The van der Waals surface area contributed by atoms with Crippen molar-refractivity contribution >= 4 is 23.9 Å². The minimum atomic E-state index is -1.45. The highest BCUT2D eigenvalue weighted by atomic mass is 16.4. The lowest BCUT2D eigenvalue weighted by Crippen LogP contribution is -2.08. The Hall–Kier alpha value is -4.12. The monoisotopic (exact) mass is 354 g/mol. The van der Waals surface area contributed by atoms with E-state index >= 15 is 0 Å². The first-order valence-electron chi connectivity index (χ1n) is 6.94. The van der Waals surface area contributed by atoms with Crippen LogP contribution in [0.2, 0.25) is 0 Å². The Labute approximate surface area is 146 Å². The van der Waals surface area contributed by atoms with Gasteiger partial charge in [-0.1, -0.05) is 11.8 Å². The smallest absolute Gasteiger partial charge is 0.336 e. The summed E-state index contributed by atoms with van der Waals surface area (Å²) in [6, 6.07) is 6.70. The third-order valence-electron chi connectivity index (χ3n) is 3.32. The van der Waals surface area contributed by atoms with Crippen LogP contribution in [0.25, 0.3) is 0 Å². The topological polar surface area (TPSA) is 149 Å². The second-order valence-electron chi connectivity index (χ2n) is 4.99. The van der Waals surface area contributed by atoms with Crippen LogP contribution in [0.4, 0.5) is 0 Å². The highest BCUT2D eigenvalue weighted by Gasteiger charge is 2.16. The molecule has 0 aliphatic heterocycles. The molecule has 2 aromatic carbocycles. The van der Waals surface area contributed by atoms with Crippen molar-refractivity contribution in [3.63, 3.8) is 0 Å². The predicted octanol–water partition coefficient (Wildman–Crippen LogP) is 1.88. The summed E-state index contributed by atoms with van der Waals surface area (Å²) in [5.74, 6) is -0.426. The van der Waals surface area contributed by atoms with Gasteiger partial charge in [0.15, 0.2) is 0 Å².